The van der Waals surface area contributed by atoms with Gasteiger partial charge in [-0.15, -0.1) is 0 Å². The lowest BCUT2D eigenvalue weighted by Crippen LogP contribution is -2.49. The van der Waals surface area contributed by atoms with Crippen molar-refractivity contribution in [3.8, 4) is 0 Å². The van der Waals surface area contributed by atoms with Crippen molar-refractivity contribution in [2.45, 2.75) is 6.18 Å². The summed E-state index contributed by atoms with van der Waals surface area (Å²) >= 11 is 5.78. The minimum atomic E-state index is -4.12. The Morgan fingerprint density at radius 2 is 1.89 bits per heavy atom. The molecule has 0 atom stereocenters. The van der Waals surface area contributed by atoms with Crippen molar-refractivity contribution >= 4 is 17.3 Å². The van der Waals surface area contributed by atoms with Crippen LogP contribution in [0.4, 0.5) is 18.9 Å². The number of halogens is 4. The van der Waals surface area contributed by atoms with Gasteiger partial charge in [-0.3, -0.25) is 4.90 Å². The third-order valence-electron chi connectivity index (χ3n) is 2.85. The van der Waals surface area contributed by atoms with E-state index in [4.69, 9.17) is 11.6 Å². The van der Waals surface area contributed by atoms with Gasteiger partial charge in [0, 0.05) is 38.1 Å². The molecule has 0 bridgehead atoms. The van der Waals surface area contributed by atoms with Gasteiger partial charge in [0.15, 0.2) is 0 Å². The molecule has 0 unspecified atom stereocenters. The predicted octanol–water partition coefficient (Wildman–Crippen LogP) is 2.42. The molecule has 100 valence electrons. The second-order valence-corrected chi connectivity index (χ2v) is 4.60. The molecule has 0 radical (unpaired) electrons. The topological polar surface area (TPSA) is 19.4 Å². The van der Waals surface area contributed by atoms with Crippen LogP contribution in [0.3, 0.4) is 0 Å². The molecule has 0 aliphatic carbocycles. The Bertz CT molecular complexity index is 403. The van der Waals surface area contributed by atoms with E-state index < -0.39 is 12.7 Å². The Labute approximate surface area is 108 Å². The summed E-state index contributed by atoms with van der Waals surface area (Å²) in [5, 5.41) is 0.394. The van der Waals surface area contributed by atoms with Crippen LogP contribution in [-0.2, 0) is 0 Å². The number of pyridine rings is 1. The van der Waals surface area contributed by atoms with Crippen LogP contribution in [0.15, 0.2) is 18.3 Å². The molecule has 0 saturated carbocycles. The molecule has 0 spiro atoms. The maximum atomic E-state index is 12.2. The fraction of sp³-hybridized carbons (Fsp3) is 0.545. The Kier molecular flexibility index (Phi) is 3.97. The molecule has 0 N–H and O–H groups in total. The fourth-order valence-corrected chi connectivity index (χ4v) is 2.17. The van der Waals surface area contributed by atoms with Crippen molar-refractivity contribution in [3.05, 3.63) is 23.5 Å². The van der Waals surface area contributed by atoms with Gasteiger partial charge in [-0.2, -0.15) is 13.2 Å². The number of alkyl halides is 3. The number of hydrogen-bond donors (Lipinski definition) is 0. The SMILES string of the molecule is FC(F)(F)CN1CCN(c2ccnc(Cl)c2)CC1. The number of anilines is 1. The van der Waals surface area contributed by atoms with E-state index in [2.05, 4.69) is 4.98 Å². The normalized spacial score (nSPS) is 18.1. The Hall–Kier alpha value is -1.01. The number of rotatable bonds is 2. The molecule has 3 nitrogen and oxygen atoms in total. The third-order valence-corrected chi connectivity index (χ3v) is 3.06. The molecule has 1 aliphatic heterocycles. The van der Waals surface area contributed by atoms with Gasteiger partial charge in [-0.1, -0.05) is 11.6 Å². The van der Waals surface area contributed by atoms with E-state index in [1.165, 1.54) is 4.90 Å². The van der Waals surface area contributed by atoms with E-state index >= 15 is 0 Å². The van der Waals surface area contributed by atoms with Gasteiger partial charge in [-0.25, -0.2) is 4.98 Å². The standard InChI is InChI=1S/C11H13ClF3N3/c12-10-7-9(1-2-16-10)18-5-3-17(4-6-18)8-11(13,14)15/h1-2,7H,3-6,8H2. The molecule has 0 aromatic carbocycles. The van der Waals surface area contributed by atoms with Gasteiger partial charge in [0.2, 0.25) is 0 Å². The van der Waals surface area contributed by atoms with Gasteiger partial charge < -0.3 is 4.90 Å². The highest BCUT2D eigenvalue weighted by Gasteiger charge is 2.32. The Balaban J connectivity index is 1.91. The Morgan fingerprint density at radius 1 is 1.22 bits per heavy atom. The molecular formula is C11H13ClF3N3. The van der Waals surface area contributed by atoms with Crippen molar-refractivity contribution < 1.29 is 13.2 Å². The number of piperazine rings is 1. The zero-order chi connectivity index (χ0) is 13.2. The van der Waals surface area contributed by atoms with Crippen molar-refractivity contribution in [2.24, 2.45) is 0 Å². The molecule has 18 heavy (non-hydrogen) atoms. The van der Waals surface area contributed by atoms with E-state index in [1.54, 1.807) is 12.3 Å². The van der Waals surface area contributed by atoms with Crippen LogP contribution in [0.5, 0.6) is 0 Å². The summed E-state index contributed by atoms with van der Waals surface area (Å²) < 4.78 is 36.7. The minimum Gasteiger partial charge on any atom is -0.369 e. The van der Waals surface area contributed by atoms with Crippen molar-refractivity contribution in [1.82, 2.24) is 9.88 Å². The van der Waals surface area contributed by atoms with Crippen LogP contribution < -0.4 is 4.90 Å². The lowest BCUT2D eigenvalue weighted by molar-refractivity contribution is -0.146. The average molecular weight is 280 g/mol. The molecular weight excluding hydrogens is 267 g/mol. The van der Waals surface area contributed by atoms with Crippen LogP contribution in [0, 0.1) is 0 Å². The van der Waals surface area contributed by atoms with E-state index in [0.717, 1.165) is 5.69 Å². The lowest BCUT2D eigenvalue weighted by Gasteiger charge is -2.36. The monoisotopic (exact) mass is 279 g/mol. The largest absolute Gasteiger partial charge is 0.401 e. The second kappa shape index (κ2) is 5.32. The average Bonchev–Trinajstić information content (AvgIpc) is 2.28. The fourth-order valence-electron chi connectivity index (χ4n) is 2.01. The van der Waals surface area contributed by atoms with Crippen LogP contribution in [0.2, 0.25) is 5.15 Å². The summed E-state index contributed by atoms with van der Waals surface area (Å²) in [7, 11) is 0. The first-order valence-corrected chi connectivity index (χ1v) is 5.97. The molecule has 1 aromatic heterocycles. The molecule has 1 fully saturated rings. The zero-order valence-corrected chi connectivity index (χ0v) is 10.4. The first-order valence-electron chi connectivity index (χ1n) is 5.60. The summed E-state index contributed by atoms with van der Waals surface area (Å²) in [6.45, 7) is 1.10. The highest BCUT2D eigenvalue weighted by Crippen LogP contribution is 2.21. The number of aromatic nitrogens is 1. The molecule has 1 saturated heterocycles. The van der Waals surface area contributed by atoms with E-state index in [9.17, 15) is 13.2 Å². The first kappa shape index (κ1) is 13.4. The highest BCUT2D eigenvalue weighted by atomic mass is 35.5. The summed E-state index contributed by atoms with van der Waals surface area (Å²) in [5.41, 5.74) is 0.904. The lowest BCUT2D eigenvalue weighted by atomic mass is 10.2. The Morgan fingerprint density at radius 3 is 2.44 bits per heavy atom. The van der Waals surface area contributed by atoms with Gasteiger partial charge in [-0.05, 0) is 12.1 Å². The maximum Gasteiger partial charge on any atom is 0.401 e. The van der Waals surface area contributed by atoms with Crippen LogP contribution in [0.25, 0.3) is 0 Å². The summed E-state index contributed by atoms with van der Waals surface area (Å²) in [6, 6.07) is 3.53. The second-order valence-electron chi connectivity index (χ2n) is 4.22. The minimum absolute atomic E-state index is 0.394. The summed E-state index contributed by atoms with van der Waals surface area (Å²) in [5.74, 6) is 0. The third kappa shape index (κ3) is 3.74. The van der Waals surface area contributed by atoms with Crippen molar-refractivity contribution in [3.63, 3.8) is 0 Å². The molecule has 2 rings (SSSR count). The van der Waals surface area contributed by atoms with E-state index in [0.29, 0.717) is 31.3 Å². The molecule has 1 aromatic rings. The summed E-state index contributed by atoms with van der Waals surface area (Å²) in [4.78, 5) is 7.31. The highest BCUT2D eigenvalue weighted by molar-refractivity contribution is 6.29. The molecule has 0 amide bonds. The van der Waals surface area contributed by atoms with Crippen molar-refractivity contribution in [1.29, 1.82) is 0 Å². The van der Waals surface area contributed by atoms with Crippen LogP contribution >= 0.6 is 11.6 Å². The first-order chi connectivity index (χ1) is 8.44. The van der Waals surface area contributed by atoms with E-state index in [-0.39, 0.29) is 0 Å². The zero-order valence-electron chi connectivity index (χ0n) is 9.62. The van der Waals surface area contributed by atoms with Crippen LogP contribution in [0.1, 0.15) is 0 Å². The van der Waals surface area contributed by atoms with E-state index in [1.807, 2.05) is 11.0 Å². The quantitative estimate of drug-likeness (QED) is 0.775. The van der Waals surface area contributed by atoms with Crippen molar-refractivity contribution in [2.75, 3.05) is 37.6 Å². The predicted molar refractivity (Wildman–Crippen MR) is 64.0 cm³/mol. The van der Waals surface area contributed by atoms with Gasteiger partial charge in [0.05, 0.1) is 6.54 Å². The molecule has 7 heteroatoms. The number of hydrogen-bond acceptors (Lipinski definition) is 3. The van der Waals surface area contributed by atoms with Gasteiger partial charge in [0.25, 0.3) is 0 Å². The maximum absolute atomic E-state index is 12.2. The van der Waals surface area contributed by atoms with Gasteiger partial charge >= 0.3 is 6.18 Å². The molecule has 2 heterocycles. The summed E-state index contributed by atoms with van der Waals surface area (Å²) in [6.07, 6.45) is -2.53. The number of nitrogens with zero attached hydrogens (tertiary/aromatic N) is 3. The smallest absolute Gasteiger partial charge is 0.369 e. The van der Waals surface area contributed by atoms with Gasteiger partial charge in [0.1, 0.15) is 5.15 Å². The molecule has 1 aliphatic rings. The van der Waals surface area contributed by atoms with Crippen LogP contribution in [-0.4, -0.2) is 48.8 Å².